The summed E-state index contributed by atoms with van der Waals surface area (Å²) in [6, 6.07) is 5.70. The number of hydrogen-bond donors (Lipinski definition) is 2. The van der Waals surface area contributed by atoms with E-state index in [9.17, 15) is 4.79 Å². The topological polar surface area (TPSA) is 97.2 Å². The normalized spacial score (nSPS) is 11.8. The van der Waals surface area contributed by atoms with Crippen LogP contribution in [0.4, 0.5) is 5.69 Å². The number of thioether (sulfide) groups is 1. The molecule has 2 heterocycles. The number of aromatic nitrogens is 4. The van der Waals surface area contributed by atoms with Crippen LogP contribution in [0.25, 0.3) is 22.4 Å². The summed E-state index contributed by atoms with van der Waals surface area (Å²) in [5, 5.41) is 8.35. The molecule has 0 bridgehead atoms. The van der Waals surface area contributed by atoms with Gasteiger partial charge in [0.1, 0.15) is 17.1 Å². The molecule has 0 saturated carbocycles. The molecule has 9 heteroatoms. The van der Waals surface area contributed by atoms with E-state index in [1.54, 1.807) is 18.8 Å². The van der Waals surface area contributed by atoms with Gasteiger partial charge in [0.15, 0.2) is 10.7 Å². The number of rotatable bonds is 5. The number of anilines is 1. The second kappa shape index (κ2) is 8.47. The Morgan fingerprint density at radius 2 is 2.21 bits per heavy atom. The zero-order valence-corrected chi connectivity index (χ0v) is 17.5. The van der Waals surface area contributed by atoms with Crippen molar-refractivity contribution in [1.29, 1.82) is 0 Å². The van der Waals surface area contributed by atoms with Crippen LogP contribution in [0.5, 0.6) is 5.75 Å². The third kappa shape index (κ3) is 3.89. The fraction of sp³-hybridized carbons (Fsp3) is 0.368. The van der Waals surface area contributed by atoms with E-state index in [2.05, 4.69) is 25.4 Å². The van der Waals surface area contributed by atoms with E-state index in [1.165, 1.54) is 11.8 Å². The van der Waals surface area contributed by atoms with E-state index in [4.69, 9.17) is 4.74 Å². The van der Waals surface area contributed by atoms with Crippen LogP contribution in [0.1, 0.15) is 19.0 Å². The molecule has 28 heavy (non-hydrogen) atoms. The van der Waals surface area contributed by atoms with Gasteiger partial charge in [-0.2, -0.15) is 5.10 Å². The number of ether oxygens (including phenoxy) is 1. The molecular formula is C19H24N6O2S. The Kier molecular flexibility index (Phi) is 6.03. The van der Waals surface area contributed by atoms with Crippen LogP contribution in [-0.2, 0) is 7.05 Å². The van der Waals surface area contributed by atoms with Gasteiger partial charge in [-0.15, -0.1) is 0 Å². The zero-order chi connectivity index (χ0) is 20.3. The van der Waals surface area contributed by atoms with Crippen molar-refractivity contribution in [3.8, 4) is 17.1 Å². The molecule has 3 aromatic rings. The highest BCUT2D eigenvalue weighted by Gasteiger charge is 2.16. The lowest BCUT2D eigenvalue weighted by molar-refractivity contribution is 0.318. The monoisotopic (exact) mass is 400 g/mol. The number of benzene rings is 1. The number of amidine groups is 1. The first kappa shape index (κ1) is 19.9. The average Bonchev–Trinajstić information content (AvgIpc) is 2.98. The molecule has 0 radical (unpaired) electrons. The molecule has 0 aliphatic carbocycles. The van der Waals surface area contributed by atoms with Gasteiger partial charge < -0.3 is 15.0 Å². The van der Waals surface area contributed by atoms with Crippen molar-refractivity contribution in [3.05, 3.63) is 34.2 Å². The summed E-state index contributed by atoms with van der Waals surface area (Å²) in [6.07, 6.45) is 2.83. The Morgan fingerprint density at radius 3 is 2.89 bits per heavy atom. The number of fused-ring (bicyclic) bond motifs is 1. The van der Waals surface area contributed by atoms with Gasteiger partial charge in [-0.3, -0.25) is 14.5 Å². The highest BCUT2D eigenvalue weighted by molar-refractivity contribution is 8.13. The molecule has 0 aliphatic heterocycles. The standard InChI is InChI=1S/C19H24N6O2S/c1-6-9-27-14-8-7-12(21-19(20-3)28-5)10-13(14)17-22-15-11(2)24-25(4)16(15)18(26)23-17/h7-8,10H,6,9H2,1-5H3,(H,20,21)(H,22,23,26). The summed E-state index contributed by atoms with van der Waals surface area (Å²) in [7, 11) is 3.47. The average molecular weight is 401 g/mol. The third-order valence-electron chi connectivity index (χ3n) is 4.21. The molecule has 3 rings (SSSR count). The van der Waals surface area contributed by atoms with Crippen molar-refractivity contribution in [2.75, 3.05) is 25.2 Å². The molecule has 1 aromatic carbocycles. The molecule has 0 unspecified atom stereocenters. The lowest BCUT2D eigenvalue weighted by Crippen LogP contribution is -2.13. The van der Waals surface area contributed by atoms with E-state index in [-0.39, 0.29) is 5.56 Å². The molecule has 0 atom stereocenters. The predicted octanol–water partition coefficient (Wildman–Crippen LogP) is 3.18. The van der Waals surface area contributed by atoms with E-state index in [0.717, 1.165) is 17.3 Å². The first-order valence-electron chi connectivity index (χ1n) is 8.97. The molecule has 2 aromatic heterocycles. The molecule has 0 amide bonds. The van der Waals surface area contributed by atoms with Crippen molar-refractivity contribution in [3.63, 3.8) is 0 Å². The van der Waals surface area contributed by atoms with E-state index in [0.29, 0.717) is 40.5 Å². The van der Waals surface area contributed by atoms with Gasteiger partial charge in [0.05, 0.1) is 17.9 Å². The van der Waals surface area contributed by atoms with Crippen LogP contribution in [-0.4, -0.2) is 44.8 Å². The van der Waals surface area contributed by atoms with Gasteiger partial charge in [0, 0.05) is 19.8 Å². The first-order valence-corrected chi connectivity index (χ1v) is 10.2. The number of aromatic amines is 1. The quantitative estimate of drug-likeness (QED) is 0.504. The second-order valence-electron chi connectivity index (χ2n) is 6.24. The molecule has 8 nitrogen and oxygen atoms in total. The number of aryl methyl sites for hydroxylation is 2. The maximum Gasteiger partial charge on any atom is 0.277 e. The third-order valence-corrected chi connectivity index (χ3v) is 4.88. The predicted molar refractivity (Wildman–Crippen MR) is 116 cm³/mol. The van der Waals surface area contributed by atoms with E-state index >= 15 is 0 Å². The SMILES string of the molecule is CCCOc1ccc(NC(=NC)SC)cc1-c1nc2c(C)nn(C)c2c(=O)[nH]1. The number of hydrogen-bond acceptors (Lipinski definition) is 6. The van der Waals surface area contributed by atoms with Gasteiger partial charge in [0.25, 0.3) is 5.56 Å². The summed E-state index contributed by atoms with van der Waals surface area (Å²) in [5.74, 6) is 1.11. The number of nitrogens with zero attached hydrogens (tertiary/aromatic N) is 4. The molecular weight excluding hydrogens is 376 g/mol. The Labute approximate surface area is 167 Å². The highest BCUT2D eigenvalue weighted by Crippen LogP contribution is 2.31. The molecule has 148 valence electrons. The Balaban J connectivity index is 2.16. The molecule has 0 aliphatic rings. The summed E-state index contributed by atoms with van der Waals surface area (Å²) >= 11 is 1.52. The van der Waals surface area contributed by atoms with Gasteiger partial charge >= 0.3 is 0 Å². The van der Waals surface area contributed by atoms with Gasteiger partial charge in [0.2, 0.25) is 0 Å². The first-order chi connectivity index (χ1) is 13.5. The van der Waals surface area contributed by atoms with Crippen molar-refractivity contribution >= 4 is 33.7 Å². The van der Waals surface area contributed by atoms with Gasteiger partial charge in [-0.05, 0) is 37.8 Å². The minimum atomic E-state index is -0.233. The van der Waals surface area contributed by atoms with E-state index < -0.39 is 0 Å². The van der Waals surface area contributed by atoms with Crippen LogP contribution < -0.4 is 15.6 Å². The van der Waals surface area contributed by atoms with Crippen LogP contribution in [0.2, 0.25) is 0 Å². The fourth-order valence-corrected chi connectivity index (χ4v) is 3.32. The van der Waals surface area contributed by atoms with Crippen molar-refractivity contribution < 1.29 is 4.74 Å². The van der Waals surface area contributed by atoms with Crippen molar-refractivity contribution in [2.24, 2.45) is 12.0 Å². The highest BCUT2D eigenvalue weighted by atomic mass is 32.2. The lowest BCUT2D eigenvalue weighted by atomic mass is 10.1. The Morgan fingerprint density at radius 1 is 1.43 bits per heavy atom. The summed E-state index contributed by atoms with van der Waals surface area (Å²) in [6.45, 7) is 4.46. The Bertz CT molecular complexity index is 1090. The molecule has 2 N–H and O–H groups in total. The molecule has 0 fully saturated rings. The number of H-pyrrole nitrogens is 1. The summed E-state index contributed by atoms with van der Waals surface area (Å²) in [4.78, 5) is 24.4. The van der Waals surface area contributed by atoms with E-state index in [1.807, 2.05) is 38.3 Å². The maximum atomic E-state index is 12.7. The smallest absolute Gasteiger partial charge is 0.277 e. The summed E-state index contributed by atoms with van der Waals surface area (Å²) in [5.41, 5.74) is 3.05. The fourth-order valence-electron chi connectivity index (χ4n) is 2.92. The number of aliphatic imine (C=N–C) groups is 1. The molecule has 0 saturated heterocycles. The largest absolute Gasteiger partial charge is 0.493 e. The van der Waals surface area contributed by atoms with Crippen molar-refractivity contribution in [2.45, 2.75) is 20.3 Å². The molecule has 0 spiro atoms. The maximum absolute atomic E-state index is 12.7. The number of nitrogens with one attached hydrogen (secondary N) is 2. The summed E-state index contributed by atoms with van der Waals surface area (Å²) < 4.78 is 7.45. The van der Waals surface area contributed by atoms with Crippen LogP contribution >= 0.6 is 11.8 Å². The lowest BCUT2D eigenvalue weighted by Gasteiger charge is -2.14. The second-order valence-corrected chi connectivity index (χ2v) is 7.03. The minimum Gasteiger partial charge on any atom is -0.493 e. The van der Waals surface area contributed by atoms with Crippen LogP contribution in [0, 0.1) is 6.92 Å². The van der Waals surface area contributed by atoms with Crippen LogP contribution in [0.3, 0.4) is 0 Å². The zero-order valence-electron chi connectivity index (χ0n) is 16.7. The minimum absolute atomic E-state index is 0.233. The van der Waals surface area contributed by atoms with Gasteiger partial charge in [-0.25, -0.2) is 4.98 Å². The van der Waals surface area contributed by atoms with Gasteiger partial charge in [-0.1, -0.05) is 18.7 Å². The Hall–Kier alpha value is -2.81. The van der Waals surface area contributed by atoms with Crippen molar-refractivity contribution in [1.82, 2.24) is 19.7 Å². The van der Waals surface area contributed by atoms with Crippen LogP contribution in [0.15, 0.2) is 28.0 Å².